The number of hydrogen-bond donors (Lipinski definition) is 1. The number of Topliss-reactive ketones (excluding diaryl/α,β-unsaturated/α-hetero) is 3. The van der Waals surface area contributed by atoms with E-state index in [4.69, 9.17) is 14.2 Å². The van der Waals surface area contributed by atoms with Gasteiger partial charge in [-0.1, -0.05) is 63.8 Å². The van der Waals surface area contributed by atoms with Gasteiger partial charge in [0.05, 0.1) is 36.4 Å². The Kier molecular flexibility index (Phi) is 13.3. The van der Waals surface area contributed by atoms with Gasteiger partial charge in [0.15, 0.2) is 0 Å². The fourth-order valence-electron chi connectivity index (χ4n) is 9.36. The molecule has 2 heterocycles. The van der Waals surface area contributed by atoms with Crippen LogP contribution in [-0.4, -0.2) is 66.6 Å². The van der Waals surface area contributed by atoms with Crippen LogP contribution in [0.2, 0.25) is 0 Å². The molecular weight excluding hydrogens is 632 g/mol. The van der Waals surface area contributed by atoms with Crippen LogP contribution in [0.4, 0.5) is 0 Å². The molecule has 0 amide bonds. The summed E-state index contributed by atoms with van der Waals surface area (Å²) in [6, 6.07) is 0. The van der Waals surface area contributed by atoms with E-state index in [-0.39, 0.29) is 73.3 Å². The number of hydrogen-bond acceptors (Lipinski definition) is 8. The van der Waals surface area contributed by atoms with Crippen molar-refractivity contribution in [1.29, 1.82) is 0 Å². The van der Waals surface area contributed by atoms with E-state index in [0.29, 0.717) is 19.3 Å². The minimum atomic E-state index is -1.56. The van der Waals surface area contributed by atoms with Crippen molar-refractivity contribution in [2.75, 3.05) is 14.2 Å². The average molecular weight is 697 g/mol. The van der Waals surface area contributed by atoms with Crippen molar-refractivity contribution < 1.29 is 38.5 Å². The molecule has 4 aliphatic rings. The molecule has 1 fully saturated rings. The third-order valence-corrected chi connectivity index (χ3v) is 12.7. The molecule has 1 saturated carbocycles. The highest BCUT2D eigenvalue weighted by Gasteiger charge is 2.60. The molecule has 0 saturated heterocycles. The number of rotatable bonds is 3. The summed E-state index contributed by atoms with van der Waals surface area (Å²) in [7, 11) is 2.95. The summed E-state index contributed by atoms with van der Waals surface area (Å²) in [6.45, 7) is 15.8. The fourth-order valence-corrected chi connectivity index (χ4v) is 9.36. The third-order valence-electron chi connectivity index (χ3n) is 12.7. The van der Waals surface area contributed by atoms with Gasteiger partial charge in [0.25, 0.3) is 0 Å². The van der Waals surface area contributed by atoms with E-state index in [2.05, 4.69) is 26.0 Å². The highest BCUT2D eigenvalue weighted by Crippen LogP contribution is 2.56. The largest absolute Gasteiger partial charge is 0.469 e. The zero-order valence-corrected chi connectivity index (χ0v) is 32.4. The van der Waals surface area contributed by atoms with Crippen molar-refractivity contribution in [2.24, 2.45) is 40.9 Å². The van der Waals surface area contributed by atoms with Gasteiger partial charge in [-0.15, -0.1) is 0 Å². The Labute approximate surface area is 300 Å². The summed E-state index contributed by atoms with van der Waals surface area (Å²) in [6.07, 6.45) is 7.92. The monoisotopic (exact) mass is 696 g/mol. The lowest BCUT2D eigenvalue weighted by Crippen LogP contribution is -2.55. The number of allylic oxidation sites excluding steroid dienone is 3. The van der Waals surface area contributed by atoms with Crippen LogP contribution in [0.25, 0.3) is 0 Å². The van der Waals surface area contributed by atoms with Gasteiger partial charge in [-0.2, -0.15) is 0 Å². The number of ketones is 3. The van der Waals surface area contributed by atoms with Gasteiger partial charge in [0.2, 0.25) is 0 Å². The van der Waals surface area contributed by atoms with Gasteiger partial charge in [0, 0.05) is 56.5 Å². The summed E-state index contributed by atoms with van der Waals surface area (Å²) >= 11 is 0. The van der Waals surface area contributed by atoms with Crippen molar-refractivity contribution in [2.45, 2.75) is 150 Å². The molecule has 8 nitrogen and oxygen atoms in total. The molecule has 0 spiro atoms. The molecule has 2 bridgehead atoms. The molecular formula is C42H64O8. The Morgan fingerprint density at radius 2 is 1.68 bits per heavy atom. The lowest BCUT2D eigenvalue weighted by Gasteiger charge is -2.50. The van der Waals surface area contributed by atoms with Gasteiger partial charge in [-0.05, 0) is 82.8 Å². The van der Waals surface area contributed by atoms with Crippen molar-refractivity contribution >= 4 is 23.3 Å². The van der Waals surface area contributed by atoms with Crippen LogP contribution in [0.15, 0.2) is 34.4 Å². The smallest absolute Gasteiger partial charge is 0.313 e. The molecule has 2 aliphatic carbocycles. The molecule has 8 heteroatoms. The first-order chi connectivity index (χ1) is 23.5. The topological polar surface area (TPSA) is 116 Å². The maximum absolute atomic E-state index is 14.8. The van der Waals surface area contributed by atoms with E-state index >= 15 is 0 Å². The Balaban J connectivity index is 2.00. The van der Waals surface area contributed by atoms with Crippen molar-refractivity contribution in [3.8, 4) is 0 Å². The number of esters is 1. The molecule has 10 atom stereocenters. The molecule has 4 rings (SSSR count). The second-order valence-corrected chi connectivity index (χ2v) is 16.9. The van der Waals surface area contributed by atoms with Gasteiger partial charge in [-0.3, -0.25) is 19.2 Å². The average Bonchev–Trinajstić information content (AvgIpc) is 3.05. The number of carbonyl (C=O) groups excluding carboxylic acids is 4. The predicted molar refractivity (Wildman–Crippen MR) is 194 cm³/mol. The molecule has 50 heavy (non-hydrogen) atoms. The van der Waals surface area contributed by atoms with E-state index in [0.717, 1.165) is 41.6 Å². The highest BCUT2D eigenvalue weighted by atomic mass is 16.5. The minimum Gasteiger partial charge on any atom is -0.469 e. The number of carbonyl (C=O) groups is 4. The molecule has 0 aromatic heterocycles. The third kappa shape index (κ3) is 8.44. The zero-order chi connectivity index (χ0) is 37.1. The maximum atomic E-state index is 14.8. The van der Waals surface area contributed by atoms with Gasteiger partial charge < -0.3 is 19.3 Å². The van der Waals surface area contributed by atoms with E-state index in [9.17, 15) is 24.3 Å². The molecule has 1 N–H and O–H groups in total. The van der Waals surface area contributed by atoms with Crippen LogP contribution in [0.1, 0.15) is 126 Å². The van der Waals surface area contributed by atoms with Crippen molar-refractivity contribution in [1.82, 2.24) is 0 Å². The predicted octanol–water partition coefficient (Wildman–Crippen LogP) is 7.70. The van der Waals surface area contributed by atoms with Crippen LogP contribution in [0, 0.1) is 40.9 Å². The Hall–Kier alpha value is -2.42. The van der Waals surface area contributed by atoms with Crippen LogP contribution in [-0.2, 0) is 33.4 Å². The van der Waals surface area contributed by atoms with Crippen LogP contribution < -0.4 is 0 Å². The lowest BCUT2D eigenvalue weighted by atomic mass is 9.52. The van der Waals surface area contributed by atoms with Crippen molar-refractivity contribution in [3.05, 3.63) is 34.4 Å². The van der Waals surface area contributed by atoms with Crippen LogP contribution in [0.5, 0.6) is 0 Å². The van der Waals surface area contributed by atoms with Crippen molar-refractivity contribution in [3.63, 3.8) is 0 Å². The maximum Gasteiger partial charge on any atom is 0.313 e. The first kappa shape index (κ1) is 40.4. The summed E-state index contributed by atoms with van der Waals surface area (Å²) < 4.78 is 18.4. The number of aliphatic hydroxyl groups is 1. The Bertz CT molecular complexity index is 1380. The SMILES string of the molecule is COC(=O)[C@]12CC(=O)[C@H](C(C)C)CC(=O)[C@H](C)CCC[C@H](C)CC(=O)[C@H]1CC(C)=C1[C@H](OC)C[C@](C)(O)[C@H]3CC=C(C)[C@H](CC/C(C)=C/[C@@H]12)O3. The van der Waals surface area contributed by atoms with E-state index in [1.807, 2.05) is 34.6 Å². The minimum absolute atomic E-state index is 0.0294. The lowest BCUT2D eigenvalue weighted by molar-refractivity contribution is -0.167. The number of fused-ring (bicyclic) bond motifs is 5. The first-order valence-corrected chi connectivity index (χ1v) is 19.1. The van der Waals surface area contributed by atoms with E-state index in [1.165, 1.54) is 7.11 Å². The summed E-state index contributed by atoms with van der Waals surface area (Å²) in [4.78, 5) is 57.7. The summed E-state index contributed by atoms with van der Waals surface area (Å²) in [5.74, 6) is -3.10. The first-order valence-electron chi connectivity index (χ1n) is 19.1. The molecule has 280 valence electrons. The second-order valence-electron chi connectivity index (χ2n) is 16.9. The normalized spacial score (nSPS) is 39.6. The quantitative estimate of drug-likeness (QED) is 0.236. The van der Waals surface area contributed by atoms with Crippen LogP contribution >= 0.6 is 0 Å². The second kappa shape index (κ2) is 16.5. The number of ether oxygens (including phenoxy) is 3. The Morgan fingerprint density at radius 3 is 2.32 bits per heavy atom. The Morgan fingerprint density at radius 1 is 0.980 bits per heavy atom. The standard InChI is InChI=1S/C42H64O8/c1-24(2)30-21-33(43)27(5)13-11-12-25(3)19-34(44)31-20-29(7)39-32(42(31,22-35(30)45)40(46)49-10)18-26(4)14-16-36-28(6)15-17-38(50-36)41(8,47)23-37(39)48-9/h15,18,24-25,27,30-32,36-38,47H,11-14,16-17,19-23H2,1-10H3/b26-18+/t25-,27+,30-,31+,32-,36-,37+,38+,41-,42+/m0/s1. The van der Waals surface area contributed by atoms with Gasteiger partial charge in [0.1, 0.15) is 17.3 Å². The highest BCUT2D eigenvalue weighted by molar-refractivity contribution is 5.97. The van der Waals surface area contributed by atoms with Gasteiger partial charge >= 0.3 is 5.97 Å². The van der Waals surface area contributed by atoms with E-state index < -0.39 is 46.9 Å². The summed E-state index contributed by atoms with van der Waals surface area (Å²) in [5, 5.41) is 12.0. The van der Waals surface area contributed by atoms with Crippen LogP contribution in [0.3, 0.4) is 0 Å². The number of methoxy groups -OCH3 is 2. The zero-order valence-electron chi connectivity index (χ0n) is 32.4. The fraction of sp³-hybridized carbons (Fsp3) is 0.762. The molecule has 0 aromatic rings. The molecule has 0 aromatic carbocycles. The van der Waals surface area contributed by atoms with E-state index in [1.54, 1.807) is 14.0 Å². The summed E-state index contributed by atoms with van der Waals surface area (Å²) in [5.41, 5.74) is 1.06. The molecule has 2 aliphatic heterocycles. The van der Waals surface area contributed by atoms with Gasteiger partial charge in [-0.25, -0.2) is 0 Å². The molecule has 0 unspecified atom stereocenters. The molecule has 0 radical (unpaired) electrons.